The summed E-state index contributed by atoms with van der Waals surface area (Å²) in [6.07, 6.45) is 0.548. The van der Waals surface area contributed by atoms with Crippen molar-refractivity contribution in [3.05, 3.63) is 41.7 Å². The Balaban J connectivity index is 2.63. The minimum atomic E-state index is -0.439. The van der Waals surface area contributed by atoms with Crippen molar-refractivity contribution in [2.24, 2.45) is 0 Å². The van der Waals surface area contributed by atoms with Crippen LogP contribution in [0.15, 0.2) is 24.3 Å². The molecule has 0 unspecified atom stereocenters. The molecule has 0 saturated heterocycles. The maximum absolute atomic E-state index is 13.4. The lowest BCUT2D eigenvalue weighted by atomic mass is 10.3. The smallest absolute Gasteiger partial charge is 0.196 e. The standard InChI is InChI=1S/C10H8FN3O/c1-7-12-10(6-15)14(13-7)9-5-3-2-4-8(9)11/h2-6H,1H3. The highest BCUT2D eigenvalue weighted by atomic mass is 19.1. The van der Waals surface area contributed by atoms with E-state index >= 15 is 0 Å². The summed E-state index contributed by atoms with van der Waals surface area (Å²) in [4.78, 5) is 14.5. The zero-order chi connectivity index (χ0) is 10.8. The van der Waals surface area contributed by atoms with Gasteiger partial charge in [-0.25, -0.2) is 14.1 Å². The predicted octanol–water partition coefficient (Wildman–Crippen LogP) is 1.53. The molecule has 5 heteroatoms. The largest absolute Gasteiger partial charge is 0.294 e. The number of aromatic nitrogens is 3. The van der Waals surface area contributed by atoms with Crippen LogP contribution in [0, 0.1) is 12.7 Å². The molecule has 0 bridgehead atoms. The van der Waals surface area contributed by atoms with Crippen molar-refractivity contribution in [1.29, 1.82) is 0 Å². The zero-order valence-electron chi connectivity index (χ0n) is 8.01. The summed E-state index contributed by atoms with van der Waals surface area (Å²) < 4.78 is 14.6. The van der Waals surface area contributed by atoms with E-state index in [2.05, 4.69) is 10.1 Å². The van der Waals surface area contributed by atoms with E-state index in [0.717, 1.165) is 0 Å². The number of benzene rings is 1. The van der Waals surface area contributed by atoms with Crippen molar-refractivity contribution in [3.63, 3.8) is 0 Å². The number of nitrogens with zero attached hydrogens (tertiary/aromatic N) is 3. The van der Waals surface area contributed by atoms with Gasteiger partial charge in [0.15, 0.2) is 12.1 Å². The zero-order valence-corrected chi connectivity index (χ0v) is 8.01. The summed E-state index contributed by atoms with van der Waals surface area (Å²) in [5, 5.41) is 3.95. The molecule has 0 spiro atoms. The van der Waals surface area contributed by atoms with Crippen LogP contribution in [0.2, 0.25) is 0 Å². The number of aryl methyl sites for hydroxylation is 1. The van der Waals surface area contributed by atoms with Crippen molar-refractivity contribution in [1.82, 2.24) is 14.8 Å². The number of para-hydroxylation sites is 1. The number of hydrogen-bond donors (Lipinski definition) is 0. The monoisotopic (exact) mass is 205 g/mol. The van der Waals surface area contributed by atoms with Crippen LogP contribution in [0.25, 0.3) is 5.69 Å². The summed E-state index contributed by atoms with van der Waals surface area (Å²) in [7, 11) is 0. The fraction of sp³-hybridized carbons (Fsp3) is 0.100. The quantitative estimate of drug-likeness (QED) is 0.698. The Bertz CT molecular complexity index is 507. The minimum Gasteiger partial charge on any atom is -0.294 e. The molecule has 0 amide bonds. The van der Waals surface area contributed by atoms with E-state index in [1.165, 1.54) is 16.8 Å². The third-order valence-corrected chi connectivity index (χ3v) is 1.92. The van der Waals surface area contributed by atoms with E-state index in [4.69, 9.17) is 0 Å². The third kappa shape index (κ3) is 1.63. The van der Waals surface area contributed by atoms with Gasteiger partial charge in [-0.2, -0.15) is 5.10 Å². The van der Waals surface area contributed by atoms with Gasteiger partial charge < -0.3 is 0 Å². The summed E-state index contributed by atoms with van der Waals surface area (Å²) in [5.41, 5.74) is 0.222. The molecule has 1 aromatic heterocycles. The van der Waals surface area contributed by atoms with Crippen LogP contribution in [0.5, 0.6) is 0 Å². The first kappa shape index (κ1) is 9.51. The Morgan fingerprint density at radius 2 is 2.13 bits per heavy atom. The molecule has 2 rings (SSSR count). The van der Waals surface area contributed by atoms with E-state index in [1.807, 2.05) is 0 Å². The molecule has 0 aliphatic heterocycles. The van der Waals surface area contributed by atoms with Crippen molar-refractivity contribution >= 4 is 6.29 Å². The second-order valence-electron chi connectivity index (χ2n) is 3.00. The lowest BCUT2D eigenvalue weighted by molar-refractivity contribution is 0.111. The maximum atomic E-state index is 13.4. The third-order valence-electron chi connectivity index (χ3n) is 1.92. The molecular formula is C10H8FN3O. The number of hydrogen-bond acceptors (Lipinski definition) is 3. The van der Waals surface area contributed by atoms with Gasteiger partial charge >= 0.3 is 0 Å². The van der Waals surface area contributed by atoms with Gasteiger partial charge in [0.05, 0.1) is 0 Å². The molecule has 0 aliphatic carbocycles. The molecule has 0 N–H and O–H groups in total. The van der Waals surface area contributed by atoms with Crippen LogP contribution in [-0.2, 0) is 0 Å². The molecular weight excluding hydrogens is 197 g/mol. The van der Waals surface area contributed by atoms with Crippen LogP contribution >= 0.6 is 0 Å². The van der Waals surface area contributed by atoms with Gasteiger partial charge in [0.2, 0.25) is 0 Å². The lowest BCUT2D eigenvalue weighted by Crippen LogP contribution is -2.04. The van der Waals surface area contributed by atoms with Gasteiger partial charge in [-0.1, -0.05) is 12.1 Å². The van der Waals surface area contributed by atoms with Crippen LogP contribution in [0.4, 0.5) is 4.39 Å². The van der Waals surface area contributed by atoms with Crippen molar-refractivity contribution in [3.8, 4) is 5.69 Å². The van der Waals surface area contributed by atoms with Gasteiger partial charge in [0.25, 0.3) is 0 Å². The topological polar surface area (TPSA) is 47.8 Å². The molecule has 1 heterocycles. The average molecular weight is 205 g/mol. The SMILES string of the molecule is Cc1nc(C=O)n(-c2ccccc2F)n1. The normalized spacial score (nSPS) is 10.3. The minimum absolute atomic E-state index is 0.0950. The Hall–Kier alpha value is -2.04. The Morgan fingerprint density at radius 1 is 1.40 bits per heavy atom. The molecule has 1 aromatic carbocycles. The summed E-state index contributed by atoms with van der Waals surface area (Å²) >= 11 is 0. The summed E-state index contributed by atoms with van der Waals surface area (Å²) in [6.45, 7) is 1.64. The molecule has 0 fully saturated rings. The fourth-order valence-electron chi connectivity index (χ4n) is 1.31. The van der Waals surface area contributed by atoms with E-state index in [9.17, 15) is 9.18 Å². The number of carbonyl (C=O) groups excluding carboxylic acids is 1. The second kappa shape index (κ2) is 3.61. The van der Waals surface area contributed by atoms with Crippen molar-refractivity contribution in [2.75, 3.05) is 0 Å². The highest BCUT2D eigenvalue weighted by Crippen LogP contribution is 2.12. The van der Waals surface area contributed by atoms with E-state index in [0.29, 0.717) is 12.1 Å². The molecule has 2 aromatic rings. The average Bonchev–Trinajstić information content (AvgIpc) is 2.60. The lowest BCUT2D eigenvalue weighted by Gasteiger charge is -2.02. The molecule has 0 aliphatic rings. The first-order valence-corrected chi connectivity index (χ1v) is 4.36. The Kier molecular flexibility index (Phi) is 2.29. The number of carbonyl (C=O) groups is 1. The highest BCUT2D eigenvalue weighted by molar-refractivity contribution is 5.70. The van der Waals surface area contributed by atoms with Gasteiger partial charge in [-0.3, -0.25) is 4.79 Å². The number of aldehydes is 1. The van der Waals surface area contributed by atoms with Crippen molar-refractivity contribution in [2.45, 2.75) is 6.92 Å². The first-order valence-electron chi connectivity index (χ1n) is 4.36. The van der Waals surface area contributed by atoms with Crippen LogP contribution < -0.4 is 0 Å². The van der Waals surface area contributed by atoms with Crippen LogP contribution in [0.3, 0.4) is 0 Å². The van der Waals surface area contributed by atoms with Crippen LogP contribution in [-0.4, -0.2) is 21.1 Å². The second-order valence-corrected chi connectivity index (χ2v) is 3.00. The van der Waals surface area contributed by atoms with Gasteiger partial charge in [0.1, 0.15) is 17.3 Å². The van der Waals surface area contributed by atoms with Crippen molar-refractivity contribution < 1.29 is 9.18 Å². The van der Waals surface area contributed by atoms with E-state index < -0.39 is 5.82 Å². The molecule has 0 atom stereocenters. The fourth-order valence-corrected chi connectivity index (χ4v) is 1.31. The van der Waals surface area contributed by atoms with Gasteiger partial charge in [0, 0.05) is 0 Å². The molecule has 76 valence electrons. The molecule has 4 nitrogen and oxygen atoms in total. The van der Waals surface area contributed by atoms with Gasteiger partial charge in [-0.05, 0) is 19.1 Å². The van der Waals surface area contributed by atoms with Crippen LogP contribution in [0.1, 0.15) is 16.4 Å². The number of rotatable bonds is 2. The van der Waals surface area contributed by atoms with E-state index in [1.54, 1.807) is 19.1 Å². The highest BCUT2D eigenvalue weighted by Gasteiger charge is 2.11. The Labute approximate surface area is 85.4 Å². The van der Waals surface area contributed by atoms with E-state index in [-0.39, 0.29) is 11.5 Å². The maximum Gasteiger partial charge on any atom is 0.196 e. The number of halogens is 1. The summed E-state index contributed by atoms with van der Waals surface area (Å²) in [5.74, 6) is 0.0865. The molecule has 0 radical (unpaired) electrons. The first-order chi connectivity index (χ1) is 7.22. The Morgan fingerprint density at radius 3 is 2.80 bits per heavy atom. The molecule has 15 heavy (non-hydrogen) atoms. The molecule has 0 saturated carbocycles. The predicted molar refractivity (Wildman–Crippen MR) is 51.4 cm³/mol. The van der Waals surface area contributed by atoms with Gasteiger partial charge in [-0.15, -0.1) is 0 Å². The summed E-state index contributed by atoms with van der Waals surface area (Å²) in [6, 6.07) is 6.09.